The van der Waals surface area contributed by atoms with E-state index in [1.54, 1.807) is 0 Å². The molecule has 1 N–H and O–H groups in total. The molecule has 1 heterocycles. The highest BCUT2D eigenvalue weighted by molar-refractivity contribution is 5.24. The Morgan fingerprint density at radius 1 is 1.25 bits per heavy atom. The Labute approximate surface area is 95.5 Å². The first-order chi connectivity index (χ1) is 7.78. The zero-order chi connectivity index (χ0) is 11.4. The summed E-state index contributed by atoms with van der Waals surface area (Å²) in [6.45, 7) is 2.25. The summed E-state index contributed by atoms with van der Waals surface area (Å²) in [5.41, 5.74) is 0. The van der Waals surface area contributed by atoms with Crippen molar-refractivity contribution in [3.63, 3.8) is 0 Å². The predicted octanol–water partition coefficient (Wildman–Crippen LogP) is 3.00. The topological polar surface area (TPSA) is 37.8 Å². The van der Waals surface area contributed by atoms with Gasteiger partial charge in [-0.25, -0.2) is 14.4 Å². The Balaban J connectivity index is 1.84. The van der Waals surface area contributed by atoms with E-state index < -0.39 is 0 Å². The number of rotatable bonds is 3. The number of hydrogen-bond donors (Lipinski definition) is 1. The van der Waals surface area contributed by atoms with Crippen molar-refractivity contribution >= 4 is 5.95 Å². The average Bonchev–Trinajstić information content (AvgIpc) is 2.33. The van der Waals surface area contributed by atoms with Gasteiger partial charge in [-0.3, -0.25) is 0 Å². The Morgan fingerprint density at radius 2 is 1.88 bits per heavy atom. The maximum absolute atomic E-state index is 12.6. The van der Waals surface area contributed by atoms with E-state index in [0.29, 0.717) is 12.0 Å². The van der Waals surface area contributed by atoms with Gasteiger partial charge in [0.1, 0.15) is 0 Å². The molecule has 1 aliphatic carbocycles. The SMILES string of the molecule is CCC1CCC(Nc2ncc(F)cn2)CC1. The van der Waals surface area contributed by atoms with Gasteiger partial charge in [0, 0.05) is 6.04 Å². The molecule has 1 aromatic rings. The minimum Gasteiger partial charge on any atom is -0.351 e. The van der Waals surface area contributed by atoms with Gasteiger partial charge >= 0.3 is 0 Å². The summed E-state index contributed by atoms with van der Waals surface area (Å²) in [5, 5.41) is 3.26. The summed E-state index contributed by atoms with van der Waals surface area (Å²) in [7, 11) is 0. The number of halogens is 1. The zero-order valence-corrected chi connectivity index (χ0v) is 9.62. The van der Waals surface area contributed by atoms with Crippen molar-refractivity contribution in [2.24, 2.45) is 5.92 Å². The molecule has 1 aliphatic rings. The normalized spacial score (nSPS) is 25.4. The van der Waals surface area contributed by atoms with Gasteiger partial charge in [-0.05, 0) is 31.6 Å². The number of aromatic nitrogens is 2. The zero-order valence-electron chi connectivity index (χ0n) is 9.62. The van der Waals surface area contributed by atoms with Gasteiger partial charge in [-0.1, -0.05) is 13.3 Å². The van der Waals surface area contributed by atoms with Gasteiger partial charge in [0.05, 0.1) is 12.4 Å². The molecule has 0 aromatic carbocycles. The van der Waals surface area contributed by atoms with E-state index in [-0.39, 0.29) is 5.82 Å². The van der Waals surface area contributed by atoms with Crippen molar-refractivity contribution in [3.8, 4) is 0 Å². The van der Waals surface area contributed by atoms with E-state index in [1.165, 1.54) is 44.5 Å². The Morgan fingerprint density at radius 3 is 2.44 bits per heavy atom. The van der Waals surface area contributed by atoms with E-state index >= 15 is 0 Å². The van der Waals surface area contributed by atoms with E-state index in [0.717, 1.165) is 5.92 Å². The first kappa shape index (κ1) is 11.3. The third-order valence-corrected chi connectivity index (χ3v) is 3.38. The number of hydrogen-bond acceptors (Lipinski definition) is 3. The lowest BCUT2D eigenvalue weighted by atomic mass is 9.85. The number of nitrogens with zero attached hydrogens (tertiary/aromatic N) is 2. The molecule has 0 spiro atoms. The molecule has 88 valence electrons. The van der Waals surface area contributed by atoms with E-state index in [1.807, 2.05) is 0 Å². The summed E-state index contributed by atoms with van der Waals surface area (Å²) in [4.78, 5) is 7.83. The highest BCUT2D eigenvalue weighted by atomic mass is 19.1. The predicted molar refractivity (Wildman–Crippen MR) is 61.6 cm³/mol. The summed E-state index contributed by atoms with van der Waals surface area (Å²) < 4.78 is 12.6. The summed E-state index contributed by atoms with van der Waals surface area (Å²) in [6, 6.07) is 0.452. The molecule has 0 saturated heterocycles. The van der Waals surface area contributed by atoms with Crippen molar-refractivity contribution in [1.29, 1.82) is 0 Å². The van der Waals surface area contributed by atoms with Crippen LogP contribution in [0.25, 0.3) is 0 Å². The maximum Gasteiger partial charge on any atom is 0.222 e. The number of nitrogens with one attached hydrogen (secondary N) is 1. The monoisotopic (exact) mass is 223 g/mol. The molecular formula is C12H18FN3. The van der Waals surface area contributed by atoms with Crippen molar-refractivity contribution in [2.75, 3.05) is 5.32 Å². The molecule has 16 heavy (non-hydrogen) atoms. The van der Waals surface area contributed by atoms with Crippen LogP contribution in [0.3, 0.4) is 0 Å². The summed E-state index contributed by atoms with van der Waals surface area (Å²) >= 11 is 0. The molecule has 0 atom stereocenters. The molecule has 1 aromatic heterocycles. The van der Waals surface area contributed by atoms with Crippen LogP contribution in [-0.2, 0) is 0 Å². The van der Waals surface area contributed by atoms with Crippen LogP contribution in [0.15, 0.2) is 12.4 Å². The molecular weight excluding hydrogens is 205 g/mol. The first-order valence-corrected chi connectivity index (χ1v) is 6.02. The largest absolute Gasteiger partial charge is 0.351 e. The van der Waals surface area contributed by atoms with Gasteiger partial charge in [-0.2, -0.15) is 0 Å². The van der Waals surface area contributed by atoms with Gasteiger partial charge in [-0.15, -0.1) is 0 Å². The molecule has 0 radical (unpaired) electrons. The van der Waals surface area contributed by atoms with Crippen LogP contribution in [0.1, 0.15) is 39.0 Å². The lowest BCUT2D eigenvalue weighted by molar-refractivity contribution is 0.329. The van der Waals surface area contributed by atoms with Crippen LogP contribution in [0.4, 0.5) is 10.3 Å². The van der Waals surface area contributed by atoms with Crippen LogP contribution in [0.5, 0.6) is 0 Å². The molecule has 1 saturated carbocycles. The maximum atomic E-state index is 12.6. The fraction of sp³-hybridized carbons (Fsp3) is 0.667. The van der Waals surface area contributed by atoms with Crippen LogP contribution in [0, 0.1) is 11.7 Å². The third kappa shape index (κ3) is 2.90. The second-order valence-electron chi connectivity index (χ2n) is 4.50. The van der Waals surface area contributed by atoms with Crippen LogP contribution >= 0.6 is 0 Å². The molecule has 0 bridgehead atoms. The third-order valence-electron chi connectivity index (χ3n) is 3.38. The first-order valence-electron chi connectivity index (χ1n) is 6.02. The fourth-order valence-corrected chi connectivity index (χ4v) is 2.28. The molecule has 1 fully saturated rings. The highest BCUT2D eigenvalue weighted by Gasteiger charge is 2.20. The molecule has 0 unspecified atom stereocenters. The van der Waals surface area contributed by atoms with Gasteiger partial charge < -0.3 is 5.32 Å². The molecule has 3 nitrogen and oxygen atoms in total. The van der Waals surface area contributed by atoms with Crippen molar-refractivity contribution in [2.45, 2.75) is 45.1 Å². The minimum absolute atomic E-state index is 0.389. The average molecular weight is 223 g/mol. The van der Waals surface area contributed by atoms with Crippen molar-refractivity contribution in [3.05, 3.63) is 18.2 Å². The van der Waals surface area contributed by atoms with Crippen molar-refractivity contribution in [1.82, 2.24) is 9.97 Å². The smallest absolute Gasteiger partial charge is 0.222 e. The Hall–Kier alpha value is -1.19. The molecule has 2 rings (SSSR count). The molecule has 4 heteroatoms. The minimum atomic E-state index is -0.389. The van der Waals surface area contributed by atoms with Crippen LogP contribution in [0.2, 0.25) is 0 Å². The van der Waals surface area contributed by atoms with Gasteiger partial charge in [0.2, 0.25) is 5.95 Å². The lowest BCUT2D eigenvalue weighted by Crippen LogP contribution is -2.26. The van der Waals surface area contributed by atoms with Gasteiger partial charge in [0.25, 0.3) is 0 Å². The number of anilines is 1. The molecule has 0 aliphatic heterocycles. The fourth-order valence-electron chi connectivity index (χ4n) is 2.28. The second kappa shape index (κ2) is 5.23. The van der Waals surface area contributed by atoms with Crippen LogP contribution < -0.4 is 5.32 Å². The standard InChI is InChI=1S/C12H18FN3/c1-2-9-3-5-11(6-4-9)16-12-14-7-10(13)8-15-12/h7-9,11H,2-6H2,1H3,(H,14,15,16). The second-order valence-corrected chi connectivity index (χ2v) is 4.50. The van der Waals surface area contributed by atoms with E-state index in [2.05, 4.69) is 22.2 Å². The summed E-state index contributed by atoms with van der Waals surface area (Å²) in [5.74, 6) is 1.04. The molecule has 0 amide bonds. The van der Waals surface area contributed by atoms with Gasteiger partial charge in [0.15, 0.2) is 5.82 Å². The quantitative estimate of drug-likeness (QED) is 0.856. The Kier molecular flexibility index (Phi) is 3.70. The van der Waals surface area contributed by atoms with Crippen molar-refractivity contribution < 1.29 is 4.39 Å². The van der Waals surface area contributed by atoms with Crippen LogP contribution in [-0.4, -0.2) is 16.0 Å². The van der Waals surface area contributed by atoms with E-state index in [9.17, 15) is 4.39 Å². The van der Waals surface area contributed by atoms with E-state index in [4.69, 9.17) is 0 Å². The summed E-state index contributed by atoms with van der Waals surface area (Å²) in [6.07, 6.45) is 8.56. The Bertz CT molecular complexity index is 318. The highest BCUT2D eigenvalue weighted by Crippen LogP contribution is 2.27. The lowest BCUT2D eigenvalue weighted by Gasteiger charge is -2.28.